The minimum Gasteiger partial charge on any atom is -0.365 e. The number of hydrogen-bond donors (Lipinski definition) is 2. The van der Waals surface area contributed by atoms with Crippen molar-refractivity contribution >= 4 is 17.2 Å². The van der Waals surface area contributed by atoms with E-state index in [4.69, 9.17) is 10.2 Å². The van der Waals surface area contributed by atoms with E-state index in [2.05, 4.69) is 21.7 Å². The van der Waals surface area contributed by atoms with Crippen molar-refractivity contribution in [1.29, 1.82) is 5.26 Å². The van der Waals surface area contributed by atoms with Gasteiger partial charge in [-0.05, 0) is 56.1 Å². The smallest absolute Gasteiger partial charge is 0.126 e. The van der Waals surface area contributed by atoms with Gasteiger partial charge in [-0.1, -0.05) is 12.1 Å². The standard InChI is InChI=1S/C22H22FN5S/c1-14-27-20(22(29-14)16-5-7-17(23)8-6-16)11-19(18-3-2-10-25-18)28-21-9-4-15(12-24)13-26-21/h4-9,13,18-19,25H,2-3,10-11H2,1H3,(H,26,28)/t18?,19-/m0/s1. The lowest BCUT2D eigenvalue weighted by Crippen LogP contribution is -2.42. The van der Waals surface area contributed by atoms with Crippen LogP contribution in [0.1, 0.15) is 29.1 Å². The van der Waals surface area contributed by atoms with Gasteiger partial charge in [0.15, 0.2) is 0 Å². The fourth-order valence-corrected chi connectivity index (χ4v) is 4.68. The summed E-state index contributed by atoms with van der Waals surface area (Å²) < 4.78 is 13.4. The van der Waals surface area contributed by atoms with Crippen molar-refractivity contribution in [2.24, 2.45) is 0 Å². The first kappa shape index (κ1) is 19.5. The van der Waals surface area contributed by atoms with Crippen LogP contribution in [0.15, 0.2) is 42.6 Å². The molecule has 1 aromatic carbocycles. The predicted octanol–water partition coefficient (Wildman–Crippen LogP) is 4.30. The van der Waals surface area contributed by atoms with E-state index in [0.29, 0.717) is 11.6 Å². The maximum atomic E-state index is 13.4. The first-order valence-corrected chi connectivity index (χ1v) is 10.5. The molecule has 0 radical (unpaired) electrons. The van der Waals surface area contributed by atoms with Crippen LogP contribution in [0.4, 0.5) is 10.2 Å². The fourth-order valence-electron chi connectivity index (χ4n) is 3.73. The van der Waals surface area contributed by atoms with Crippen LogP contribution in [0, 0.1) is 24.1 Å². The maximum absolute atomic E-state index is 13.4. The maximum Gasteiger partial charge on any atom is 0.126 e. The molecule has 3 heterocycles. The highest BCUT2D eigenvalue weighted by atomic mass is 32.1. The summed E-state index contributed by atoms with van der Waals surface area (Å²) >= 11 is 1.64. The van der Waals surface area contributed by atoms with Crippen LogP contribution in [0.2, 0.25) is 0 Å². The minimum atomic E-state index is -0.238. The Balaban J connectivity index is 1.60. The van der Waals surface area contributed by atoms with Gasteiger partial charge in [0, 0.05) is 24.7 Å². The zero-order valence-corrected chi connectivity index (χ0v) is 17.0. The number of aromatic nitrogens is 2. The number of anilines is 1. The molecule has 29 heavy (non-hydrogen) atoms. The number of nitrogens with zero attached hydrogens (tertiary/aromatic N) is 3. The summed E-state index contributed by atoms with van der Waals surface area (Å²) in [6, 6.07) is 12.7. The second-order valence-electron chi connectivity index (χ2n) is 7.22. The molecule has 0 bridgehead atoms. The first-order valence-electron chi connectivity index (χ1n) is 9.70. The molecule has 2 N–H and O–H groups in total. The average Bonchev–Trinajstić information content (AvgIpc) is 3.39. The molecular formula is C22H22FN5S. The van der Waals surface area contributed by atoms with Gasteiger partial charge in [-0.25, -0.2) is 14.4 Å². The largest absolute Gasteiger partial charge is 0.365 e. The molecule has 0 saturated carbocycles. The third-order valence-corrected chi connectivity index (χ3v) is 6.20. The summed E-state index contributed by atoms with van der Waals surface area (Å²) in [4.78, 5) is 10.2. The SMILES string of the molecule is Cc1nc(C[C@H](Nc2ccc(C#N)cn2)C2CCCN2)c(-c2ccc(F)cc2)s1. The lowest BCUT2D eigenvalue weighted by Gasteiger charge is -2.25. The molecule has 1 aliphatic rings. The number of nitriles is 1. The molecule has 5 nitrogen and oxygen atoms in total. The molecule has 2 atom stereocenters. The van der Waals surface area contributed by atoms with E-state index in [-0.39, 0.29) is 11.9 Å². The lowest BCUT2D eigenvalue weighted by atomic mass is 9.99. The van der Waals surface area contributed by atoms with Gasteiger partial charge in [0.25, 0.3) is 0 Å². The van der Waals surface area contributed by atoms with E-state index < -0.39 is 0 Å². The van der Waals surface area contributed by atoms with E-state index >= 15 is 0 Å². The lowest BCUT2D eigenvalue weighted by molar-refractivity contribution is 0.503. The molecule has 148 valence electrons. The van der Waals surface area contributed by atoms with Crippen LogP contribution >= 0.6 is 11.3 Å². The molecule has 1 aliphatic heterocycles. The van der Waals surface area contributed by atoms with Gasteiger partial charge in [0.05, 0.1) is 21.1 Å². The summed E-state index contributed by atoms with van der Waals surface area (Å²) in [5.41, 5.74) is 2.54. The average molecular weight is 408 g/mol. The van der Waals surface area contributed by atoms with Gasteiger partial charge in [0.1, 0.15) is 17.7 Å². The third kappa shape index (κ3) is 4.61. The van der Waals surface area contributed by atoms with Crippen LogP contribution in [-0.2, 0) is 6.42 Å². The Morgan fingerprint density at radius 1 is 1.31 bits per heavy atom. The van der Waals surface area contributed by atoms with E-state index in [0.717, 1.165) is 52.8 Å². The Bertz CT molecular complexity index is 1000. The number of thiazole rings is 1. The molecule has 3 aromatic rings. The van der Waals surface area contributed by atoms with Crippen LogP contribution < -0.4 is 10.6 Å². The zero-order chi connectivity index (χ0) is 20.2. The Labute approximate surface area is 173 Å². The van der Waals surface area contributed by atoms with Gasteiger partial charge in [-0.2, -0.15) is 5.26 Å². The number of hydrogen-bond acceptors (Lipinski definition) is 6. The Morgan fingerprint density at radius 2 is 2.14 bits per heavy atom. The van der Waals surface area contributed by atoms with E-state index in [1.807, 2.05) is 25.1 Å². The number of rotatable bonds is 6. The van der Waals surface area contributed by atoms with Crippen molar-refractivity contribution < 1.29 is 4.39 Å². The first-order chi connectivity index (χ1) is 14.1. The Morgan fingerprint density at radius 3 is 2.79 bits per heavy atom. The monoisotopic (exact) mass is 407 g/mol. The number of halogens is 1. The van der Waals surface area contributed by atoms with Crippen LogP contribution in [0.5, 0.6) is 0 Å². The molecule has 0 spiro atoms. The number of benzene rings is 1. The second kappa shape index (κ2) is 8.68. The number of nitrogens with one attached hydrogen (secondary N) is 2. The van der Waals surface area contributed by atoms with Crippen LogP contribution in [0.3, 0.4) is 0 Å². The van der Waals surface area contributed by atoms with Gasteiger partial charge < -0.3 is 10.6 Å². The highest BCUT2D eigenvalue weighted by Crippen LogP contribution is 2.32. The van der Waals surface area contributed by atoms with Crippen molar-refractivity contribution in [3.8, 4) is 16.5 Å². The van der Waals surface area contributed by atoms with Gasteiger partial charge in [-0.3, -0.25) is 0 Å². The summed E-state index contributed by atoms with van der Waals surface area (Å²) in [6.45, 7) is 3.00. The van der Waals surface area contributed by atoms with E-state index in [1.165, 1.54) is 12.1 Å². The van der Waals surface area contributed by atoms with E-state index in [1.54, 1.807) is 23.6 Å². The Hall–Kier alpha value is -2.82. The zero-order valence-electron chi connectivity index (χ0n) is 16.2. The molecule has 2 aromatic heterocycles. The summed E-state index contributed by atoms with van der Waals surface area (Å²) in [7, 11) is 0. The van der Waals surface area contributed by atoms with Crippen LogP contribution in [0.25, 0.3) is 10.4 Å². The molecule has 0 aliphatic carbocycles. The highest BCUT2D eigenvalue weighted by molar-refractivity contribution is 7.15. The third-order valence-electron chi connectivity index (χ3n) is 5.13. The van der Waals surface area contributed by atoms with Crippen molar-refractivity contribution in [2.45, 2.75) is 38.3 Å². The van der Waals surface area contributed by atoms with Crippen LogP contribution in [-0.4, -0.2) is 28.6 Å². The van der Waals surface area contributed by atoms with Crippen molar-refractivity contribution in [1.82, 2.24) is 15.3 Å². The predicted molar refractivity (Wildman–Crippen MR) is 113 cm³/mol. The molecule has 1 fully saturated rings. The van der Waals surface area contributed by atoms with Gasteiger partial charge >= 0.3 is 0 Å². The number of pyridine rings is 1. The normalized spacial score (nSPS) is 17.1. The molecule has 1 saturated heterocycles. The second-order valence-corrected chi connectivity index (χ2v) is 8.42. The minimum absolute atomic E-state index is 0.110. The van der Waals surface area contributed by atoms with E-state index in [9.17, 15) is 4.39 Å². The summed E-state index contributed by atoms with van der Waals surface area (Å²) in [5.74, 6) is 0.510. The molecular weight excluding hydrogens is 385 g/mol. The summed E-state index contributed by atoms with van der Waals surface area (Å²) in [5, 5.41) is 17.1. The molecule has 7 heteroatoms. The molecule has 1 unspecified atom stereocenters. The van der Waals surface area contributed by atoms with Crippen molar-refractivity contribution in [3.63, 3.8) is 0 Å². The molecule has 0 amide bonds. The molecule has 4 rings (SSSR count). The van der Waals surface area contributed by atoms with Crippen molar-refractivity contribution in [2.75, 3.05) is 11.9 Å². The topological polar surface area (TPSA) is 73.6 Å². The quantitative estimate of drug-likeness (QED) is 0.637. The van der Waals surface area contributed by atoms with Crippen molar-refractivity contribution in [3.05, 3.63) is 64.7 Å². The highest BCUT2D eigenvalue weighted by Gasteiger charge is 2.27. The number of aryl methyl sites for hydroxylation is 1. The van der Waals surface area contributed by atoms with Gasteiger partial charge in [0.2, 0.25) is 0 Å². The van der Waals surface area contributed by atoms with Gasteiger partial charge in [-0.15, -0.1) is 11.3 Å². The Kier molecular flexibility index (Phi) is 5.84. The fraction of sp³-hybridized carbons (Fsp3) is 0.318. The summed E-state index contributed by atoms with van der Waals surface area (Å²) in [6.07, 6.45) is 4.54.